The Morgan fingerprint density at radius 1 is 1.12 bits per heavy atom. The Morgan fingerprint density at radius 2 is 1.69 bits per heavy atom. The molecule has 8 heteroatoms. The number of hydrogen-bond donors (Lipinski definition) is 2. The third kappa shape index (κ3) is 3.95. The van der Waals surface area contributed by atoms with Crippen LogP contribution in [0.1, 0.15) is 37.8 Å². The molecule has 2 aliphatic rings. The Morgan fingerprint density at radius 3 is 2.25 bits per heavy atom. The van der Waals surface area contributed by atoms with Crippen LogP contribution in [-0.4, -0.2) is 57.3 Å². The summed E-state index contributed by atoms with van der Waals surface area (Å²) < 4.78 is 5.51. The molecule has 7 nitrogen and oxygen atoms in total. The lowest BCUT2D eigenvalue weighted by Crippen LogP contribution is -2.56. The van der Waals surface area contributed by atoms with Crippen LogP contribution in [0.4, 0.5) is 4.79 Å². The number of fused-ring (bicyclic) bond motifs is 3. The van der Waals surface area contributed by atoms with E-state index in [-0.39, 0.29) is 12.5 Å². The highest BCUT2D eigenvalue weighted by Gasteiger charge is 2.47. The van der Waals surface area contributed by atoms with Crippen molar-refractivity contribution in [2.24, 2.45) is 0 Å². The zero-order valence-electron chi connectivity index (χ0n) is 18.2. The quantitative estimate of drug-likeness (QED) is 0.716. The van der Waals surface area contributed by atoms with Crippen molar-refractivity contribution < 1.29 is 24.2 Å². The van der Waals surface area contributed by atoms with Crippen LogP contribution in [0.2, 0.25) is 0 Å². The molecule has 168 valence electrons. The van der Waals surface area contributed by atoms with Gasteiger partial charge in [0.1, 0.15) is 18.7 Å². The number of alkyl carbamates (subject to hydrolysis) is 1. The summed E-state index contributed by atoms with van der Waals surface area (Å²) in [7, 11) is 0. The van der Waals surface area contributed by atoms with Crippen LogP contribution >= 0.6 is 11.8 Å². The standard InChI is InChI=1S/C24H26N2O5S/c1-14(21(27)26-20(22(28)29)13-32-24(26,2)3)25-23(30)31-12-19-17-10-6-4-8-15(17)16-9-5-7-11-18(16)19/h4-11,14,19-20H,12-13H2,1-3H3,(H,25,30)(H,28,29). The third-order valence-electron chi connectivity index (χ3n) is 6.06. The molecule has 0 aromatic heterocycles. The molecule has 2 atom stereocenters. The molecule has 1 aliphatic heterocycles. The molecular formula is C24H26N2O5S. The summed E-state index contributed by atoms with van der Waals surface area (Å²) in [6.45, 7) is 5.29. The van der Waals surface area contributed by atoms with Gasteiger partial charge in [0, 0.05) is 11.7 Å². The molecule has 1 aliphatic carbocycles. The number of carbonyl (C=O) groups excluding carboxylic acids is 2. The fourth-order valence-electron chi connectivity index (χ4n) is 4.49. The summed E-state index contributed by atoms with van der Waals surface area (Å²) in [6.07, 6.45) is -0.704. The lowest BCUT2D eigenvalue weighted by molar-refractivity contribution is -0.151. The molecule has 1 heterocycles. The van der Waals surface area contributed by atoms with Gasteiger partial charge in [-0.3, -0.25) is 4.79 Å². The van der Waals surface area contributed by atoms with E-state index in [4.69, 9.17) is 4.74 Å². The summed E-state index contributed by atoms with van der Waals surface area (Å²) in [5.74, 6) is -1.26. The van der Waals surface area contributed by atoms with Crippen molar-refractivity contribution in [3.05, 3.63) is 59.7 Å². The molecule has 0 spiro atoms. The number of amides is 2. The second-order valence-corrected chi connectivity index (χ2v) is 10.1. The normalized spacial score (nSPS) is 19.7. The number of carboxylic acid groups (broad SMARTS) is 1. The predicted octanol–water partition coefficient (Wildman–Crippen LogP) is 3.68. The molecule has 2 unspecified atom stereocenters. The molecule has 2 aromatic carbocycles. The zero-order valence-corrected chi connectivity index (χ0v) is 19.0. The van der Waals surface area contributed by atoms with Gasteiger partial charge in [0.25, 0.3) is 0 Å². The molecule has 0 radical (unpaired) electrons. The van der Waals surface area contributed by atoms with Crippen molar-refractivity contribution in [3.8, 4) is 11.1 Å². The topological polar surface area (TPSA) is 95.9 Å². The number of nitrogens with one attached hydrogen (secondary N) is 1. The van der Waals surface area contributed by atoms with E-state index >= 15 is 0 Å². The summed E-state index contributed by atoms with van der Waals surface area (Å²) in [6, 6.07) is 14.3. The van der Waals surface area contributed by atoms with Crippen molar-refractivity contribution >= 4 is 29.7 Å². The van der Waals surface area contributed by atoms with E-state index in [1.165, 1.54) is 16.7 Å². The first-order valence-corrected chi connectivity index (χ1v) is 11.5. The Kier molecular flexibility index (Phi) is 5.90. The van der Waals surface area contributed by atoms with Gasteiger partial charge in [-0.05, 0) is 43.0 Å². The van der Waals surface area contributed by atoms with Crippen molar-refractivity contribution in [1.29, 1.82) is 0 Å². The Bertz CT molecular complexity index is 1020. The van der Waals surface area contributed by atoms with Gasteiger partial charge in [0.05, 0.1) is 4.87 Å². The first kappa shape index (κ1) is 22.2. The number of thioether (sulfide) groups is 1. The maximum absolute atomic E-state index is 13.0. The first-order valence-electron chi connectivity index (χ1n) is 10.5. The van der Waals surface area contributed by atoms with Gasteiger partial charge in [-0.15, -0.1) is 11.8 Å². The van der Waals surface area contributed by atoms with Crippen molar-refractivity contribution in [2.75, 3.05) is 12.4 Å². The molecule has 32 heavy (non-hydrogen) atoms. The molecule has 0 bridgehead atoms. The van der Waals surface area contributed by atoms with Crippen LogP contribution in [0.25, 0.3) is 11.1 Å². The fraction of sp³-hybridized carbons (Fsp3) is 0.375. The average molecular weight is 455 g/mol. The Labute approximate surface area is 191 Å². The summed E-state index contributed by atoms with van der Waals surface area (Å²) in [4.78, 5) is 37.7. The predicted molar refractivity (Wildman–Crippen MR) is 122 cm³/mol. The van der Waals surface area contributed by atoms with Gasteiger partial charge in [-0.2, -0.15) is 0 Å². The van der Waals surface area contributed by atoms with E-state index < -0.39 is 34.9 Å². The van der Waals surface area contributed by atoms with Crippen LogP contribution in [0.5, 0.6) is 0 Å². The highest BCUT2D eigenvalue weighted by molar-refractivity contribution is 8.00. The molecule has 4 rings (SSSR count). The molecule has 2 aromatic rings. The van der Waals surface area contributed by atoms with Gasteiger partial charge < -0.3 is 20.1 Å². The summed E-state index contributed by atoms with van der Waals surface area (Å²) in [5, 5.41) is 12.0. The summed E-state index contributed by atoms with van der Waals surface area (Å²) in [5.41, 5.74) is 4.47. The van der Waals surface area contributed by atoms with Gasteiger partial charge >= 0.3 is 12.1 Å². The van der Waals surface area contributed by atoms with Crippen LogP contribution in [-0.2, 0) is 14.3 Å². The number of ether oxygens (including phenoxy) is 1. The molecular weight excluding hydrogens is 428 g/mol. The van der Waals surface area contributed by atoms with Crippen molar-refractivity contribution in [2.45, 2.75) is 43.6 Å². The number of benzene rings is 2. The fourth-order valence-corrected chi connectivity index (χ4v) is 5.70. The van der Waals surface area contributed by atoms with Gasteiger partial charge in [-0.1, -0.05) is 48.5 Å². The maximum atomic E-state index is 13.0. The second kappa shape index (κ2) is 8.50. The average Bonchev–Trinajstić information content (AvgIpc) is 3.25. The van der Waals surface area contributed by atoms with E-state index in [1.807, 2.05) is 36.4 Å². The Balaban J connectivity index is 1.41. The molecule has 2 N–H and O–H groups in total. The number of carbonyl (C=O) groups is 3. The largest absolute Gasteiger partial charge is 0.480 e. The van der Waals surface area contributed by atoms with Gasteiger partial charge in [0.2, 0.25) is 5.91 Å². The lowest BCUT2D eigenvalue weighted by Gasteiger charge is -2.35. The van der Waals surface area contributed by atoms with E-state index in [2.05, 4.69) is 17.4 Å². The lowest BCUT2D eigenvalue weighted by atomic mass is 9.98. The number of rotatable bonds is 5. The van der Waals surface area contributed by atoms with E-state index in [0.29, 0.717) is 5.75 Å². The van der Waals surface area contributed by atoms with E-state index in [1.54, 1.807) is 20.8 Å². The molecule has 1 saturated heterocycles. The van der Waals surface area contributed by atoms with Gasteiger partial charge in [0.15, 0.2) is 0 Å². The van der Waals surface area contributed by atoms with Gasteiger partial charge in [-0.25, -0.2) is 9.59 Å². The zero-order chi connectivity index (χ0) is 23.0. The van der Waals surface area contributed by atoms with E-state index in [0.717, 1.165) is 22.3 Å². The van der Waals surface area contributed by atoms with Crippen LogP contribution in [0.15, 0.2) is 48.5 Å². The third-order valence-corrected chi connectivity index (χ3v) is 7.44. The molecule has 1 fully saturated rings. The van der Waals surface area contributed by atoms with Crippen molar-refractivity contribution in [1.82, 2.24) is 10.2 Å². The maximum Gasteiger partial charge on any atom is 0.407 e. The highest BCUT2D eigenvalue weighted by Crippen LogP contribution is 2.44. The first-order chi connectivity index (χ1) is 15.2. The smallest absolute Gasteiger partial charge is 0.407 e. The monoisotopic (exact) mass is 454 g/mol. The van der Waals surface area contributed by atoms with Crippen LogP contribution in [0, 0.1) is 0 Å². The molecule has 0 saturated carbocycles. The number of aliphatic carboxylic acids is 1. The van der Waals surface area contributed by atoms with Crippen LogP contribution in [0.3, 0.4) is 0 Å². The second-order valence-electron chi connectivity index (χ2n) is 8.51. The minimum absolute atomic E-state index is 0.0792. The summed E-state index contributed by atoms with van der Waals surface area (Å²) >= 11 is 1.40. The minimum Gasteiger partial charge on any atom is -0.480 e. The Hall–Kier alpha value is -3.00. The number of hydrogen-bond acceptors (Lipinski definition) is 5. The highest BCUT2D eigenvalue weighted by atomic mass is 32.2. The van der Waals surface area contributed by atoms with Crippen LogP contribution < -0.4 is 5.32 Å². The molecule has 2 amide bonds. The minimum atomic E-state index is -1.05. The number of carboxylic acids is 1. The van der Waals surface area contributed by atoms with E-state index in [9.17, 15) is 19.5 Å². The number of nitrogens with zero attached hydrogens (tertiary/aromatic N) is 1. The SMILES string of the molecule is CC(NC(=O)OCC1c2ccccc2-c2ccccc21)C(=O)N1C(C(=O)O)CSC1(C)C. The van der Waals surface area contributed by atoms with Crippen molar-refractivity contribution in [3.63, 3.8) is 0 Å².